The number of amides is 2. The van der Waals surface area contributed by atoms with Crippen LogP contribution in [0.15, 0.2) is 45.4 Å². The predicted molar refractivity (Wildman–Crippen MR) is 82.3 cm³/mol. The van der Waals surface area contributed by atoms with Crippen LogP contribution in [-0.2, 0) is 16.1 Å². The minimum atomic E-state index is -0.372. The zero-order chi connectivity index (χ0) is 15.4. The Morgan fingerprint density at radius 1 is 1.50 bits per heavy atom. The molecule has 1 fully saturated rings. The standard InChI is InChI=1S/C15H15N3O3S/c19-14-7-11(9-18(14)10-12-3-1-5-21-12)15(20)17-16-8-13-4-2-6-22-13/h1-6,8,11H,7,9-10H2,(H,17,20)/b16-8+. The largest absolute Gasteiger partial charge is 0.467 e. The summed E-state index contributed by atoms with van der Waals surface area (Å²) in [5.74, 6) is 0.0648. The number of carbonyl (C=O) groups is 2. The number of likely N-dealkylation sites (tertiary alicyclic amines) is 1. The van der Waals surface area contributed by atoms with Gasteiger partial charge in [0.05, 0.1) is 24.9 Å². The van der Waals surface area contributed by atoms with Crippen LogP contribution in [0.5, 0.6) is 0 Å². The van der Waals surface area contributed by atoms with E-state index >= 15 is 0 Å². The van der Waals surface area contributed by atoms with Crippen LogP contribution in [0.1, 0.15) is 17.1 Å². The Hall–Kier alpha value is -2.41. The summed E-state index contributed by atoms with van der Waals surface area (Å²) in [5.41, 5.74) is 2.50. The van der Waals surface area contributed by atoms with Crippen LogP contribution in [0.3, 0.4) is 0 Å². The lowest BCUT2D eigenvalue weighted by molar-refractivity contribution is -0.129. The summed E-state index contributed by atoms with van der Waals surface area (Å²) in [5, 5.41) is 5.86. The summed E-state index contributed by atoms with van der Waals surface area (Å²) >= 11 is 1.54. The second-order valence-corrected chi connectivity index (χ2v) is 5.98. The third-order valence-electron chi connectivity index (χ3n) is 3.42. The molecule has 1 aliphatic rings. The first kappa shape index (κ1) is 14.5. The number of carbonyl (C=O) groups excluding carboxylic acids is 2. The van der Waals surface area contributed by atoms with Crippen LogP contribution >= 0.6 is 11.3 Å². The van der Waals surface area contributed by atoms with E-state index in [1.165, 1.54) is 11.3 Å². The third kappa shape index (κ3) is 3.43. The smallest absolute Gasteiger partial charge is 0.245 e. The fraction of sp³-hybridized carbons (Fsp3) is 0.267. The van der Waals surface area contributed by atoms with Gasteiger partial charge in [-0.25, -0.2) is 5.43 Å². The number of rotatable bonds is 5. The molecule has 1 saturated heterocycles. The highest BCUT2D eigenvalue weighted by molar-refractivity contribution is 7.11. The van der Waals surface area contributed by atoms with Gasteiger partial charge in [0.1, 0.15) is 5.76 Å². The highest BCUT2D eigenvalue weighted by Gasteiger charge is 2.34. The van der Waals surface area contributed by atoms with E-state index in [0.29, 0.717) is 18.8 Å². The predicted octanol–water partition coefficient (Wildman–Crippen LogP) is 1.84. The van der Waals surface area contributed by atoms with Crippen molar-refractivity contribution < 1.29 is 14.0 Å². The number of nitrogens with one attached hydrogen (secondary N) is 1. The minimum absolute atomic E-state index is 0.0428. The number of hydrogen-bond donors (Lipinski definition) is 1. The van der Waals surface area contributed by atoms with Gasteiger partial charge in [0.15, 0.2) is 0 Å². The van der Waals surface area contributed by atoms with E-state index in [9.17, 15) is 9.59 Å². The molecular weight excluding hydrogens is 302 g/mol. The summed E-state index contributed by atoms with van der Waals surface area (Å²) in [6.07, 6.45) is 3.38. The van der Waals surface area contributed by atoms with Gasteiger partial charge in [-0.15, -0.1) is 11.3 Å². The van der Waals surface area contributed by atoms with Gasteiger partial charge < -0.3 is 9.32 Å². The molecule has 0 saturated carbocycles. The molecule has 114 valence electrons. The Kier molecular flexibility index (Phi) is 4.34. The Labute approximate surface area is 131 Å². The van der Waals surface area contributed by atoms with Crippen molar-refractivity contribution >= 4 is 29.4 Å². The van der Waals surface area contributed by atoms with Crippen molar-refractivity contribution in [1.29, 1.82) is 0 Å². The zero-order valence-corrected chi connectivity index (χ0v) is 12.6. The fourth-order valence-electron chi connectivity index (χ4n) is 2.31. The average Bonchev–Trinajstić information content (AvgIpc) is 3.23. The molecule has 0 bridgehead atoms. The molecule has 7 heteroatoms. The summed E-state index contributed by atoms with van der Waals surface area (Å²) in [6, 6.07) is 7.41. The molecule has 2 amide bonds. The summed E-state index contributed by atoms with van der Waals surface area (Å²) in [7, 11) is 0. The molecule has 1 aliphatic heterocycles. The molecule has 0 spiro atoms. The Morgan fingerprint density at radius 2 is 2.41 bits per heavy atom. The van der Waals surface area contributed by atoms with E-state index in [0.717, 1.165) is 4.88 Å². The highest BCUT2D eigenvalue weighted by atomic mass is 32.1. The zero-order valence-electron chi connectivity index (χ0n) is 11.8. The molecule has 1 N–H and O–H groups in total. The molecule has 1 unspecified atom stereocenters. The van der Waals surface area contributed by atoms with Crippen molar-refractivity contribution in [2.45, 2.75) is 13.0 Å². The van der Waals surface area contributed by atoms with Crippen molar-refractivity contribution in [3.63, 3.8) is 0 Å². The fourth-order valence-corrected chi connectivity index (χ4v) is 2.89. The van der Waals surface area contributed by atoms with Crippen LogP contribution in [0.25, 0.3) is 0 Å². The molecular formula is C15H15N3O3S. The number of hydrogen-bond acceptors (Lipinski definition) is 5. The van der Waals surface area contributed by atoms with Gasteiger partial charge in [-0.1, -0.05) is 6.07 Å². The third-order valence-corrected chi connectivity index (χ3v) is 4.23. The average molecular weight is 317 g/mol. The summed E-state index contributed by atoms with van der Waals surface area (Å²) in [6.45, 7) is 0.786. The van der Waals surface area contributed by atoms with Crippen molar-refractivity contribution in [3.8, 4) is 0 Å². The van der Waals surface area contributed by atoms with Gasteiger partial charge >= 0.3 is 0 Å². The number of furan rings is 1. The first-order chi connectivity index (χ1) is 10.7. The first-order valence-electron chi connectivity index (χ1n) is 6.89. The number of hydrazone groups is 1. The van der Waals surface area contributed by atoms with Crippen LogP contribution in [0, 0.1) is 5.92 Å². The maximum atomic E-state index is 12.0. The van der Waals surface area contributed by atoms with E-state index in [4.69, 9.17) is 4.42 Å². The van der Waals surface area contributed by atoms with E-state index < -0.39 is 0 Å². The Morgan fingerprint density at radius 3 is 3.14 bits per heavy atom. The molecule has 2 aromatic heterocycles. The van der Waals surface area contributed by atoms with Crippen molar-refractivity contribution in [2.24, 2.45) is 11.0 Å². The molecule has 3 heterocycles. The molecule has 22 heavy (non-hydrogen) atoms. The quantitative estimate of drug-likeness (QED) is 0.675. The number of thiophene rings is 1. The van der Waals surface area contributed by atoms with Crippen LogP contribution in [-0.4, -0.2) is 29.5 Å². The maximum Gasteiger partial charge on any atom is 0.245 e. The van der Waals surface area contributed by atoms with Crippen molar-refractivity contribution in [3.05, 3.63) is 46.5 Å². The normalized spacial score (nSPS) is 18.3. The lowest BCUT2D eigenvalue weighted by atomic mass is 10.1. The van der Waals surface area contributed by atoms with Crippen LogP contribution in [0.2, 0.25) is 0 Å². The van der Waals surface area contributed by atoms with E-state index in [1.807, 2.05) is 23.6 Å². The van der Waals surface area contributed by atoms with E-state index in [-0.39, 0.29) is 24.2 Å². The molecule has 0 aliphatic carbocycles. The maximum absolute atomic E-state index is 12.0. The van der Waals surface area contributed by atoms with Gasteiger partial charge in [0.25, 0.3) is 0 Å². The Balaban J connectivity index is 1.52. The van der Waals surface area contributed by atoms with Crippen LogP contribution < -0.4 is 5.43 Å². The van der Waals surface area contributed by atoms with Crippen molar-refractivity contribution in [2.75, 3.05) is 6.54 Å². The monoisotopic (exact) mass is 317 g/mol. The van der Waals surface area contributed by atoms with E-state index in [2.05, 4.69) is 10.5 Å². The molecule has 3 rings (SSSR count). The molecule has 1 atom stereocenters. The number of nitrogens with zero attached hydrogens (tertiary/aromatic N) is 2. The second kappa shape index (κ2) is 6.57. The first-order valence-corrected chi connectivity index (χ1v) is 7.77. The lowest BCUT2D eigenvalue weighted by Gasteiger charge is -2.14. The van der Waals surface area contributed by atoms with Gasteiger partial charge in [-0.3, -0.25) is 9.59 Å². The SMILES string of the molecule is O=C(N/N=C/c1cccs1)C1CC(=O)N(Cc2ccco2)C1. The second-order valence-electron chi connectivity index (χ2n) is 5.00. The van der Waals surface area contributed by atoms with Crippen molar-refractivity contribution in [1.82, 2.24) is 10.3 Å². The molecule has 2 aromatic rings. The molecule has 6 nitrogen and oxygen atoms in total. The van der Waals surface area contributed by atoms with Gasteiger partial charge in [-0.05, 0) is 23.6 Å². The van der Waals surface area contributed by atoms with Gasteiger partial charge in [0.2, 0.25) is 11.8 Å². The summed E-state index contributed by atoms with van der Waals surface area (Å²) < 4.78 is 5.23. The highest BCUT2D eigenvalue weighted by Crippen LogP contribution is 2.20. The molecule has 0 radical (unpaired) electrons. The van der Waals surface area contributed by atoms with Gasteiger partial charge in [0, 0.05) is 17.8 Å². The minimum Gasteiger partial charge on any atom is -0.467 e. The van der Waals surface area contributed by atoms with Crippen LogP contribution in [0.4, 0.5) is 0 Å². The summed E-state index contributed by atoms with van der Waals surface area (Å²) in [4.78, 5) is 26.6. The topological polar surface area (TPSA) is 74.9 Å². The van der Waals surface area contributed by atoms with Gasteiger partial charge in [-0.2, -0.15) is 5.10 Å². The lowest BCUT2D eigenvalue weighted by Crippen LogP contribution is -2.30. The van der Waals surface area contributed by atoms with E-state index in [1.54, 1.807) is 23.4 Å². The Bertz CT molecular complexity index is 664. The molecule has 0 aromatic carbocycles.